The first-order valence-corrected chi connectivity index (χ1v) is 8.57. The minimum atomic E-state index is -0.341. The van der Waals surface area contributed by atoms with Gasteiger partial charge in [-0.25, -0.2) is 4.79 Å². The molecule has 0 spiro atoms. The monoisotopic (exact) mass is 345 g/mol. The van der Waals surface area contributed by atoms with Crippen LogP contribution in [0.1, 0.15) is 46.6 Å². The van der Waals surface area contributed by atoms with E-state index >= 15 is 0 Å². The summed E-state index contributed by atoms with van der Waals surface area (Å²) >= 11 is 0. The van der Waals surface area contributed by atoms with Gasteiger partial charge in [-0.1, -0.05) is 5.16 Å². The van der Waals surface area contributed by atoms with E-state index in [4.69, 9.17) is 18.7 Å². The summed E-state index contributed by atoms with van der Waals surface area (Å²) in [7, 11) is 0. The van der Waals surface area contributed by atoms with Gasteiger partial charge in [-0.15, -0.1) is 0 Å². The molecule has 134 valence electrons. The molecule has 1 aromatic heterocycles. The molecule has 1 aromatic carbocycles. The molecule has 3 rings (SSSR count). The van der Waals surface area contributed by atoms with Crippen molar-refractivity contribution in [1.29, 1.82) is 0 Å². The Balaban J connectivity index is 1.50. The zero-order chi connectivity index (χ0) is 17.6. The van der Waals surface area contributed by atoms with Gasteiger partial charge in [0.25, 0.3) is 0 Å². The van der Waals surface area contributed by atoms with Crippen molar-refractivity contribution < 1.29 is 23.5 Å². The normalized spacial score (nSPS) is 17.3. The standard InChI is InChI=1S/C19H23NO5/c1-13-18(14(2)25-20-13)12-23-16-8-6-15(7-9-16)19(21)24-11-17-5-3-4-10-22-17/h6-9,17H,3-5,10-12H2,1-2H3. The number of ether oxygens (including phenoxy) is 3. The van der Waals surface area contributed by atoms with Crippen LogP contribution < -0.4 is 4.74 Å². The van der Waals surface area contributed by atoms with E-state index in [9.17, 15) is 4.79 Å². The number of nitrogens with zero attached hydrogens (tertiary/aromatic N) is 1. The molecule has 0 saturated carbocycles. The number of aryl methyl sites for hydroxylation is 2. The van der Waals surface area contributed by atoms with Crippen LogP contribution in [-0.4, -0.2) is 30.4 Å². The lowest BCUT2D eigenvalue weighted by Gasteiger charge is -2.22. The minimum Gasteiger partial charge on any atom is -0.489 e. The van der Waals surface area contributed by atoms with E-state index in [0.29, 0.717) is 24.5 Å². The number of aromatic nitrogens is 1. The van der Waals surface area contributed by atoms with Gasteiger partial charge in [0, 0.05) is 6.61 Å². The highest BCUT2D eigenvalue weighted by atomic mass is 16.6. The second-order valence-electron chi connectivity index (χ2n) is 6.20. The van der Waals surface area contributed by atoms with Crippen molar-refractivity contribution in [3.63, 3.8) is 0 Å². The molecule has 0 amide bonds. The average Bonchev–Trinajstić information content (AvgIpc) is 2.97. The molecular formula is C19H23NO5. The Bertz CT molecular complexity index is 682. The highest BCUT2D eigenvalue weighted by Gasteiger charge is 2.17. The summed E-state index contributed by atoms with van der Waals surface area (Å²) in [6.45, 7) is 5.17. The summed E-state index contributed by atoms with van der Waals surface area (Å²) in [4.78, 5) is 12.1. The third-order valence-electron chi connectivity index (χ3n) is 4.33. The predicted molar refractivity (Wildman–Crippen MR) is 90.6 cm³/mol. The van der Waals surface area contributed by atoms with E-state index in [0.717, 1.165) is 42.9 Å². The second kappa shape index (κ2) is 8.16. The second-order valence-corrected chi connectivity index (χ2v) is 6.20. The van der Waals surface area contributed by atoms with E-state index < -0.39 is 0 Å². The van der Waals surface area contributed by atoms with Crippen LogP contribution >= 0.6 is 0 Å². The first-order valence-electron chi connectivity index (χ1n) is 8.57. The van der Waals surface area contributed by atoms with Gasteiger partial charge < -0.3 is 18.7 Å². The molecule has 6 nitrogen and oxygen atoms in total. The van der Waals surface area contributed by atoms with Gasteiger partial charge >= 0.3 is 5.97 Å². The average molecular weight is 345 g/mol. The predicted octanol–water partition coefficient (Wildman–Crippen LogP) is 3.60. The van der Waals surface area contributed by atoms with Crippen molar-refractivity contribution in [2.45, 2.75) is 45.8 Å². The molecule has 6 heteroatoms. The summed E-state index contributed by atoms with van der Waals surface area (Å²) < 4.78 is 21.7. The van der Waals surface area contributed by atoms with Crippen LogP contribution in [0.3, 0.4) is 0 Å². The molecule has 2 heterocycles. The van der Waals surface area contributed by atoms with Crippen LogP contribution in [0.5, 0.6) is 5.75 Å². The maximum Gasteiger partial charge on any atom is 0.338 e. The van der Waals surface area contributed by atoms with Crippen LogP contribution in [-0.2, 0) is 16.1 Å². The number of hydrogen-bond donors (Lipinski definition) is 0. The first-order chi connectivity index (χ1) is 12.1. The van der Waals surface area contributed by atoms with Gasteiger partial charge in [0.05, 0.1) is 22.9 Å². The van der Waals surface area contributed by atoms with Gasteiger partial charge in [-0.05, 0) is 57.4 Å². The van der Waals surface area contributed by atoms with Gasteiger partial charge in [-0.2, -0.15) is 0 Å². The number of carbonyl (C=O) groups excluding carboxylic acids is 1. The Morgan fingerprint density at radius 2 is 2.04 bits per heavy atom. The molecule has 0 radical (unpaired) electrons. The van der Waals surface area contributed by atoms with E-state index in [1.807, 2.05) is 13.8 Å². The fraction of sp³-hybridized carbons (Fsp3) is 0.474. The van der Waals surface area contributed by atoms with Crippen LogP contribution in [0, 0.1) is 13.8 Å². The van der Waals surface area contributed by atoms with Gasteiger partial charge in [-0.3, -0.25) is 0 Å². The topological polar surface area (TPSA) is 70.8 Å². The number of hydrogen-bond acceptors (Lipinski definition) is 6. The largest absolute Gasteiger partial charge is 0.489 e. The molecule has 1 saturated heterocycles. The number of esters is 1. The lowest BCUT2D eigenvalue weighted by atomic mass is 10.1. The van der Waals surface area contributed by atoms with E-state index in [1.165, 1.54) is 0 Å². The van der Waals surface area contributed by atoms with E-state index in [2.05, 4.69) is 5.16 Å². The molecule has 2 aromatic rings. The quantitative estimate of drug-likeness (QED) is 0.745. The molecule has 1 aliphatic heterocycles. The number of benzene rings is 1. The van der Waals surface area contributed by atoms with E-state index in [1.54, 1.807) is 24.3 Å². The maximum atomic E-state index is 12.1. The number of rotatable bonds is 6. The zero-order valence-electron chi connectivity index (χ0n) is 14.6. The van der Waals surface area contributed by atoms with Gasteiger partial charge in [0.1, 0.15) is 24.7 Å². The molecule has 1 aliphatic rings. The zero-order valence-corrected chi connectivity index (χ0v) is 14.6. The Hall–Kier alpha value is -2.34. The molecule has 1 fully saturated rings. The lowest BCUT2D eigenvalue weighted by molar-refractivity contribution is -0.0300. The van der Waals surface area contributed by atoms with Crippen molar-refractivity contribution >= 4 is 5.97 Å². The molecule has 1 atom stereocenters. The smallest absolute Gasteiger partial charge is 0.338 e. The minimum absolute atomic E-state index is 0.0235. The molecule has 0 N–H and O–H groups in total. The highest BCUT2D eigenvalue weighted by Crippen LogP contribution is 2.19. The number of carbonyl (C=O) groups is 1. The van der Waals surface area contributed by atoms with Crippen molar-refractivity contribution in [2.24, 2.45) is 0 Å². The summed E-state index contributed by atoms with van der Waals surface area (Å²) in [6, 6.07) is 6.91. The first kappa shape index (κ1) is 17.5. The molecule has 25 heavy (non-hydrogen) atoms. The van der Waals surface area contributed by atoms with Crippen LogP contribution in [0.4, 0.5) is 0 Å². The van der Waals surface area contributed by atoms with Crippen molar-refractivity contribution in [2.75, 3.05) is 13.2 Å². The third kappa shape index (κ3) is 4.60. The van der Waals surface area contributed by atoms with Crippen molar-refractivity contribution in [3.8, 4) is 5.75 Å². The fourth-order valence-corrected chi connectivity index (χ4v) is 2.74. The third-order valence-corrected chi connectivity index (χ3v) is 4.33. The lowest BCUT2D eigenvalue weighted by Crippen LogP contribution is -2.25. The fourth-order valence-electron chi connectivity index (χ4n) is 2.74. The Kier molecular flexibility index (Phi) is 5.71. The molecule has 0 bridgehead atoms. The van der Waals surface area contributed by atoms with Crippen LogP contribution in [0.15, 0.2) is 28.8 Å². The SMILES string of the molecule is Cc1noc(C)c1COc1ccc(C(=O)OCC2CCCCO2)cc1. The van der Waals surface area contributed by atoms with Crippen molar-refractivity contribution in [3.05, 3.63) is 46.8 Å². The maximum absolute atomic E-state index is 12.1. The highest BCUT2D eigenvalue weighted by molar-refractivity contribution is 5.89. The summed E-state index contributed by atoms with van der Waals surface area (Å²) in [5.41, 5.74) is 2.26. The summed E-state index contributed by atoms with van der Waals surface area (Å²) in [6.07, 6.45) is 3.18. The molecule has 0 aliphatic carbocycles. The van der Waals surface area contributed by atoms with Gasteiger partial charge in [0.2, 0.25) is 0 Å². The Morgan fingerprint density at radius 1 is 1.24 bits per heavy atom. The van der Waals surface area contributed by atoms with Gasteiger partial charge in [0.15, 0.2) is 0 Å². The Labute approximate surface area is 147 Å². The molecular weight excluding hydrogens is 322 g/mol. The molecule has 1 unspecified atom stereocenters. The van der Waals surface area contributed by atoms with Crippen LogP contribution in [0.2, 0.25) is 0 Å². The van der Waals surface area contributed by atoms with Crippen LogP contribution in [0.25, 0.3) is 0 Å². The van der Waals surface area contributed by atoms with E-state index in [-0.39, 0.29) is 12.1 Å². The van der Waals surface area contributed by atoms with Crippen molar-refractivity contribution in [1.82, 2.24) is 5.16 Å². The summed E-state index contributed by atoms with van der Waals surface area (Å²) in [5, 5.41) is 3.90. The Morgan fingerprint density at radius 3 is 2.68 bits per heavy atom. The summed E-state index contributed by atoms with van der Waals surface area (Å²) in [5.74, 6) is 1.08.